The average molecular weight is 973 g/mol. The third-order valence-electron chi connectivity index (χ3n) is 14.2. The van der Waals surface area contributed by atoms with Crippen LogP contribution in [0.1, 0.15) is 316 Å². The molecule has 0 aliphatic carbocycles. The molecule has 0 saturated heterocycles. The molecule has 0 aliphatic rings. The minimum atomic E-state index is -3.85. The van der Waals surface area contributed by atoms with E-state index in [9.17, 15) is 28.2 Å². The van der Waals surface area contributed by atoms with Crippen molar-refractivity contribution in [1.29, 1.82) is 0 Å². The summed E-state index contributed by atoms with van der Waals surface area (Å²) in [6, 6.07) is 0. The first-order chi connectivity index (χ1) is 31.0. The Labute approximate surface area is 454 Å². The Balaban J connectivity index is -0.0000198. The van der Waals surface area contributed by atoms with Crippen LogP contribution in [0, 0.1) is 5.41 Å². The molecule has 0 amide bonds. The van der Waals surface area contributed by atoms with E-state index in [1.807, 2.05) is 0 Å². The van der Waals surface area contributed by atoms with Gasteiger partial charge in [0.1, 0.15) is 5.60 Å². The van der Waals surface area contributed by atoms with Crippen molar-refractivity contribution in [2.75, 3.05) is 12.4 Å². The zero-order valence-corrected chi connectivity index (χ0v) is 49.5. The van der Waals surface area contributed by atoms with Crippen LogP contribution >= 0.6 is 0 Å². The summed E-state index contributed by atoms with van der Waals surface area (Å²) in [4.78, 5) is 27.4. The molecule has 0 fully saturated rings. The van der Waals surface area contributed by atoms with E-state index in [0.29, 0.717) is 25.7 Å². The Morgan fingerprint density at radius 3 is 0.879 bits per heavy atom. The van der Waals surface area contributed by atoms with Crippen molar-refractivity contribution < 1.29 is 96.6 Å². The van der Waals surface area contributed by atoms with E-state index in [-0.39, 0.29) is 90.7 Å². The first kappa shape index (κ1) is 71.1. The minimum absolute atomic E-state index is 0. The summed E-state index contributed by atoms with van der Waals surface area (Å²) in [5.41, 5.74) is -3.53. The van der Waals surface area contributed by atoms with Crippen LogP contribution in [0.4, 0.5) is 0 Å². The summed E-state index contributed by atoms with van der Waals surface area (Å²) in [7, 11) is -3.85. The van der Waals surface area contributed by atoms with Crippen LogP contribution in [0.15, 0.2) is 0 Å². The zero-order valence-electron chi connectivity index (χ0n) is 44.7. The molecular weight excluding hydrogens is 867 g/mol. The number of unbranched alkanes of at least 4 members (excludes halogenated alkanes) is 39. The largest absolute Gasteiger partial charge is 1.00 e. The molecular formula is C55H106Na2O8S. The van der Waals surface area contributed by atoms with Gasteiger partial charge in [-0.1, -0.05) is 284 Å². The molecule has 1 N–H and O–H groups in total. The molecule has 382 valence electrons. The Morgan fingerprint density at radius 1 is 0.379 bits per heavy atom. The van der Waals surface area contributed by atoms with Crippen molar-refractivity contribution in [3.63, 3.8) is 0 Å². The van der Waals surface area contributed by atoms with Gasteiger partial charge >= 0.3 is 59.1 Å². The zero-order chi connectivity index (χ0) is 47.3. The van der Waals surface area contributed by atoms with Crippen molar-refractivity contribution in [3.05, 3.63) is 0 Å². The molecule has 1 atom stereocenters. The topological polar surface area (TPSA) is 144 Å². The average Bonchev–Trinajstić information content (AvgIpc) is 3.26. The van der Waals surface area contributed by atoms with Gasteiger partial charge < -0.3 is 24.5 Å². The summed E-state index contributed by atoms with van der Waals surface area (Å²) in [6.07, 6.45) is 47.4. The quantitative estimate of drug-likeness (QED) is 0.0361. The fourth-order valence-electron chi connectivity index (χ4n) is 9.97. The number of rotatable bonds is 53. The molecule has 0 aliphatic heterocycles. The van der Waals surface area contributed by atoms with Crippen LogP contribution in [0.3, 0.4) is 0 Å². The van der Waals surface area contributed by atoms with Gasteiger partial charge in [-0.05, 0) is 32.1 Å². The molecule has 0 aromatic rings. The number of carbonyl (C=O) groups is 2. The van der Waals surface area contributed by atoms with Gasteiger partial charge in [0.05, 0.1) is 17.7 Å². The van der Waals surface area contributed by atoms with Gasteiger partial charge in [-0.3, -0.25) is 4.55 Å². The minimum Gasteiger partial charge on any atom is -0.549 e. The molecule has 0 aromatic carbocycles. The van der Waals surface area contributed by atoms with Crippen molar-refractivity contribution in [2.24, 2.45) is 5.41 Å². The van der Waals surface area contributed by atoms with E-state index in [1.54, 1.807) is 0 Å². The van der Waals surface area contributed by atoms with Crippen LogP contribution in [0.2, 0.25) is 0 Å². The predicted octanol–water partition coefficient (Wildman–Crippen LogP) is 9.13. The van der Waals surface area contributed by atoms with Crippen molar-refractivity contribution in [2.45, 2.75) is 322 Å². The van der Waals surface area contributed by atoms with Crippen LogP contribution in [0.5, 0.6) is 0 Å². The first-order valence-electron chi connectivity index (χ1n) is 28.0. The van der Waals surface area contributed by atoms with Crippen LogP contribution in [-0.2, 0) is 24.4 Å². The molecule has 0 radical (unpaired) electrons. The molecule has 0 saturated carbocycles. The molecule has 1 unspecified atom stereocenters. The molecule has 0 bridgehead atoms. The molecule has 0 rings (SSSR count). The van der Waals surface area contributed by atoms with E-state index in [2.05, 4.69) is 20.8 Å². The SMILES string of the molecule is CCCCCCCCCCCCOC(CCCCCCCCCCCCCCCS(=O)(=O)O)(C(=O)[O-])C(CCCCCCCCCCCC)(CCCCCCCCCCCC)C(=O)[O-].[Na+].[Na+]. The maximum absolute atomic E-state index is 13.7. The number of ether oxygens (including phenoxy) is 1. The Morgan fingerprint density at radius 2 is 0.621 bits per heavy atom. The predicted molar refractivity (Wildman–Crippen MR) is 267 cm³/mol. The van der Waals surface area contributed by atoms with Gasteiger partial charge in [-0.15, -0.1) is 0 Å². The fourth-order valence-corrected chi connectivity index (χ4v) is 10.5. The summed E-state index contributed by atoms with van der Waals surface area (Å²) < 4.78 is 37.2. The van der Waals surface area contributed by atoms with Gasteiger partial charge in [-0.2, -0.15) is 8.42 Å². The molecule has 66 heavy (non-hydrogen) atoms. The number of hydrogen-bond donors (Lipinski definition) is 1. The van der Waals surface area contributed by atoms with Gasteiger partial charge in [-0.25, -0.2) is 0 Å². The molecule has 0 heterocycles. The second-order valence-corrected chi connectivity index (χ2v) is 21.6. The summed E-state index contributed by atoms with van der Waals surface area (Å²) in [5, 5.41) is 27.4. The number of carboxylic acid groups (broad SMARTS) is 2. The monoisotopic (exact) mass is 973 g/mol. The maximum Gasteiger partial charge on any atom is 1.00 e. The maximum atomic E-state index is 13.7. The van der Waals surface area contributed by atoms with E-state index >= 15 is 0 Å². The number of hydrogen-bond acceptors (Lipinski definition) is 7. The van der Waals surface area contributed by atoms with Gasteiger partial charge in [0.15, 0.2) is 0 Å². The Kier molecular flexibility index (Phi) is 54.6. The fraction of sp³-hybridized carbons (Fsp3) is 0.964. The first-order valence-corrected chi connectivity index (χ1v) is 29.7. The standard InChI is InChI=1S/C55H108O8S.2Na/c1-4-7-10-13-16-19-27-32-37-42-47-54(52(56)57,48-43-38-33-28-20-17-14-11-8-5-2)55(53(58)59,63-50-45-40-35-30-21-18-15-12-9-6-3)49-44-39-34-29-25-23-22-24-26-31-36-41-46-51-64(60,61)62;;/h4-51H2,1-3H3,(H,56,57)(H,58,59)(H,60,61,62);;/q;2*+1/p-2. The summed E-state index contributed by atoms with van der Waals surface area (Å²) in [6.45, 7) is 6.95. The molecule has 8 nitrogen and oxygen atoms in total. The smallest absolute Gasteiger partial charge is 0.549 e. The van der Waals surface area contributed by atoms with E-state index in [4.69, 9.17) is 9.29 Å². The molecule has 11 heteroatoms. The van der Waals surface area contributed by atoms with Crippen LogP contribution in [0.25, 0.3) is 0 Å². The van der Waals surface area contributed by atoms with Crippen LogP contribution < -0.4 is 69.3 Å². The van der Waals surface area contributed by atoms with Crippen molar-refractivity contribution >= 4 is 22.1 Å². The number of carbonyl (C=O) groups excluding carboxylic acids is 2. The number of carboxylic acids is 2. The summed E-state index contributed by atoms with van der Waals surface area (Å²) in [5.74, 6) is -2.77. The Bertz CT molecular complexity index is 1130. The van der Waals surface area contributed by atoms with E-state index in [1.165, 1.54) is 122 Å². The summed E-state index contributed by atoms with van der Waals surface area (Å²) >= 11 is 0. The number of aliphatic carboxylic acids is 2. The normalized spacial score (nSPS) is 12.7. The van der Waals surface area contributed by atoms with E-state index < -0.39 is 33.1 Å². The van der Waals surface area contributed by atoms with E-state index in [0.717, 1.165) is 128 Å². The molecule has 0 spiro atoms. The van der Waals surface area contributed by atoms with Crippen molar-refractivity contribution in [1.82, 2.24) is 0 Å². The third kappa shape index (κ3) is 39.4. The van der Waals surface area contributed by atoms with Gasteiger partial charge in [0.2, 0.25) is 0 Å². The second kappa shape index (κ2) is 50.7. The van der Waals surface area contributed by atoms with Crippen LogP contribution in [-0.4, -0.2) is 42.9 Å². The second-order valence-electron chi connectivity index (χ2n) is 20.0. The third-order valence-corrected chi connectivity index (χ3v) is 15.0. The molecule has 0 aromatic heterocycles. The van der Waals surface area contributed by atoms with Crippen molar-refractivity contribution in [3.8, 4) is 0 Å². The van der Waals surface area contributed by atoms with Gasteiger partial charge in [0, 0.05) is 12.0 Å². The van der Waals surface area contributed by atoms with Gasteiger partial charge in [0.25, 0.3) is 10.1 Å². The Hall–Kier alpha value is 0.810.